The SMILES string of the molecule is Nc1cc(C2CC2)c(Br)cc1C(=O)O. The maximum Gasteiger partial charge on any atom is 0.337 e. The number of aromatic carboxylic acids is 1. The summed E-state index contributed by atoms with van der Waals surface area (Å²) in [7, 11) is 0. The van der Waals surface area contributed by atoms with Gasteiger partial charge in [0.1, 0.15) is 0 Å². The summed E-state index contributed by atoms with van der Waals surface area (Å²) in [4.78, 5) is 10.8. The van der Waals surface area contributed by atoms with E-state index < -0.39 is 5.97 Å². The van der Waals surface area contributed by atoms with Crippen molar-refractivity contribution in [2.45, 2.75) is 18.8 Å². The van der Waals surface area contributed by atoms with Crippen LogP contribution in [-0.4, -0.2) is 11.1 Å². The molecule has 2 rings (SSSR count). The van der Waals surface area contributed by atoms with Gasteiger partial charge >= 0.3 is 5.97 Å². The Kier molecular flexibility index (Phi) is 2.23. The minimum Gasteiger partial charge on any atom is -0.478 e. The predicted molar refractivity (Wildman–Crippen MR) is 57.5 cm³/mol. The zero-order valence-corrected chi connectivity index (χ0v) is 9.04. The Labute approximate surface area is 90.0 Å². The number of anilines is 1. The third-order valence-corrected chi connectivity index (χ3v) is 3.10. The van der Waals surface area contributed by atoms with Crippen LogP contribution in [0.15, 0.2) is 16.6 Å². The first kappa shape index (κ1) is 9.52. The predicted octanol–water partition coefficient (Wildman–Crippen LogP) is 2.61. The highest BCUT2D eigenvalue weighted by Crippen LogP contribution is 2.44. The molecule has 3 N–H and O–H groups in total. The number of nitrogens with two attached hydrogens (primary N) is 1. The molecule has 0 bridgehead atoms. The Balaban J connectivity index is 2.48. The summed E-state index contributed by atoms with van der Waals surface area (Å²) in [6, 6.07) is 3.36. The average molecular weight is 256 g/mol. The largest absolute Gasteiger partial charge is 0.478 e. The van der Waals surface area contributed by atoms with Crippen LogP contribution in [0.2, 0.25) is 0 Å². The molecule has 0 radical (unpaired) electrons. The lowest BCUT2D eigenvalue weighted by molar-refractivity contribution is 0.0698. The summed E-state index contributed by atoms with van der Waals surface area (Å²) < 4.78 is 0.853. The molecule has 1 aliphatic carbocycles. The topological polar surface area (TPSA) is 63.3 Å². The fraction of sp³-hybridized carbons (Fsp3) is 0.300. The number of carbonyl (C=O) groups is 1. The summed E-state index contributed by atoms with van der Waals surface area (Å²) in [5, 5.41) is 8.83. The van der Waals surface area contributed by atoms with Gasteiger partial charge in [-0.2, -0.15) is 0 Å². The molecule has 0 saturated heterocycles. The van der Waals surface area contributed by atoms with E-state index in [1.165, 1.54) is 12.8 Å². The van der Waals surface area contributed by atoms with E-state index in [-0.39, 0.29) is 5.56 Å². The van der Waals surface area contributed by atoms with Crippen LogP contribution in [0.25, 0.3) is 0 Å². The lowest BCUT2D eigenvalue weighted by atomic mass is 10.1. The smallest absolute Gasteiger partial charge is 0.337 e. The second kappa shape index (κ2) is 3.28. The van der Waals surface area contributed by atoms with E-state index in [2.05, 4.69) is 15.9 Å². The number of halogens is 1. The number of carboxylic acids is 1. The van der Waals surface area contributed by atoms with E-state index in [4.69, 9.17) is 10.8 Å². The minimum absolute atomic E-state index is 0.168. The number of carboxylic acid groups (broad SMARTS) is 1. The maximum atomic E-state index is 10.8. The Morgan fingerprint density at radius 2 is 2.14 bits per heavy atom. The molecule has 0 amide bonds. The molecule has 0 unspecified atom stereocenters. The van der Waals surface area contributed by atoms with Crippen molar-refractivity contribution in [2.24, 2.45) is 0 Å². The first-order valence-corrected chi connectivity index (χ1v) is 5.21. The molecule has 1 aromatic carbocycles. The lowest BCUT2D eigenvalue weighted by Crippen LogP contribution is -2.03. The zero-order chi connectivity index (χ0) is 10.3. The molecule has 1 aromatic rings. The van der Waals surface area contributed by atoms with Gasteiger partial charge < -0.3 is 10.8 Å². The normalized spacial score (nSPS) is 15.5. The van der Waals surface area contributed by atoms with E-state index >= 15 is 0 Å². The third-order valence-electron chi connectivity index (χ3n) is 2.42. The van der Waals surface area contributed by atoms with Gasteiger partial charge in [-0.25, -0.2) is 4.79 Å². The van der Waals surface area contributed by atoms with Gasteiger partial charge in [0.15, 0.2) is 0 Å². The molecule has 1 saturated carbocycles. The van der Waals surface area contributed by atoms with E-state index in [1.807, 2.05) is 0 Å². The van der Waals surface area contributed by atoms with E-state index in [1.54, 1.807) is 12.1 Å². The Bertz CT molecular complexity index is 399. The number of hydrogen-bond donors (Lipinski definition) is 2. The Morgan fingerprint density at radius 3 is 2.64 bits per heavy atom. The Morgan fingerprint density at radius 1 is 1.50 bits per heavy atom. The molecular formula is C10H10BrNO2. The summed E-state index contributed by atoms with van der Waals surface area (Å²) in [6.07, 6.45) is 2.34. The van der Waals surface area contributed by atoms with Crippen LogP contribution in [-0.2, 0) is 0 Å². The first-order valence-electron chi connectivity index (χ1n) is 4.42. The Hall–Kier alpha value is -1.03. The van der Waals surface area contributed by atoms with Crippen LogP contribution in [0.3, 0.4) is 0 Å². The summed E-state index contributed by atoms with van der Waals surface area (Å²) in [6.45, 7) is 0. The van der Waals surface area contributed by atoms with Gasteiger partial charge in [0.05, 0.1) is 5.56 Å². The summed E-state index contributed by atoms with van der Waals surface area (Å²) >= 11 is 3.37. The zero-order valence-electron chi connectivity index (χ0n) is 7.46. The highest BCUT2D eigenvalue weighted by Gasteiger charge is 2.26. The number of nitrogen functional groups attached to an aromatic ring is 1. The molecule has 1 fully saturated rings. The first-order chi connectivity index (χ1) is 6.59. The quantitative estimate of drug-likeness (QED) is 0.799. The number of hydrogen-bond acceptors (Lipinski definition) is 2. The van der Waals surface area contributed by atoms with Gasteiger partial charge in [0.2, 0.25) is 0 Å². The fourth-order valence-electron chi connectivity index (χ4n) is 1.50. The van der Waals surface area contributed by atoms with Crippen LogP contribution < -0.4 is 5.73 Å². The van der Waals surface area contributed by atoms with Crippen molar-refractivity contribution in [1.29, 1.82) is 0 Å². The van der Waals surface area contributed by atoms with Crippen molar-refractivity contribution < 1.29 is 9.90 Å². The summed E-state index contributed by atoms with van der Waals surface area (Å²) in [5.74, 6) is -0.417. The molecule has 0 aromatic heterocycles. The molecule has 0 heterocycles. The van der Waals surface area contributed by atoms with Gasteiger partial charge in [0, 0.05) is 10.2 Å². The van der Waals surface area contributed by atoms with Crippen molar-refractivity contribution >= 4 is 27.6 Å². The minimum atomic E-state index is -0.981. The van der Waals surface area contributed by atoms with Crippen molar-refractivity contribution in [3.8, 4) is 0 Å². The molecule has 0 spiro atoms. The van der Waals surface area contributed by atoms with Gasteiger partial charge in [-0.3, -0.25) is 0 Å². The van der Waals surface area contributed by atoms with Crippen molar-refractivity contribution in [3.63, 3.8) is 0 Å². The molecule has 0 aliphatic heterocycles. The molecule has 0 atom stereocenters. The third kappa shape index (κ3) is 1.62. The second-order valence-corrected chi connectivity index (χ2v) is 4.39. The van der Waals surface area contributed by atoms with Gasteiger partial charge in [-0.05, 0) is 36.5 Å². The van der Waals surface area contributed by atoms with E-state index in [0.29, 0.717) is 11.6 Å². The van der Waals surface area contributed by atoms with Crippen LogP contribution in [0.1, 0.15) is 34.7 Å². The van der Waals surface area contributed by atoms with Crippen LogP contribution in [0, 0.1) is 0 Å². The van der Waals surface area contributed by atoms with E-state index in [9.17, 15) is 4.79 Å². The average Bonchev–Trinajstić information content (AvgIpc) is 2.91. The highest BCUT2D eigenvalue weighted by atomic mass is 79.9. The van der Waals surface area contributed by atoms with Gasteiger partial charge in [-0.1, -0.05) is 15.9 Å². The van der Waals surface area contributed by atoms with Gasteiger partial charge in [-0.15, -0.1) is 0 Å². The van der Waals surface area contributed by atoms with Gasteiger partial charge in [0.25, 0.3) is 0 Å². The highest BCUT2D eigenvalue weighted by molar-refractivity contribution is 9.10. The van der Waals surface area contributed by atoms with Crippen LogP contribution >= 0.6 is 15.9 Å². The number of benzene rings is 1. The standard InChI is InChI=1S/C10H10BrNO2/c11-8-3-7(10(13)14)9(12)4-6(8)5-1-2-5/h3-5H,1-2,12H2,(H,13,14). The van der Waals surface area contributed by atoms with Crippen molar-refractivity contribution in [2.75, 3.05) is 5.73 Å². The monoisotopic (exact) mass is 255 g/mol. The molecule has 74 valence electrons. The second-order valence-electron chi connectivity index (χ2n) is 3.54. The lowest BCUT2D eigenvalue weighted by Gasteiger charge is -2.07. The molecule has 1 aliphatic rings. The summed E-state index contributed by atoms with van der Waals surface area (Å²) in [5.41, 5.74) is 7.30. The molecule has 3 nitrogen and oxygen atoms in total. The van der Waals surface area contributed by atoms with Crippen LogP contribution in [0.5, 0.6) is 0 Å². The van der Waals surface area contributed by atoms with Crippen molar-refractivity contribution in [3.05, 3.63) is 27.7 Å². The molecule has 14 heavy (non-hydrogen) atoms. The van der Waals surface area contributed by atoms with Crippen molar-refractivity contribution in [1.82, 2.24) is 0 Å². The maximum absolute atomic E-state index is 10.8. The fourth-order valence-corrected chi connectivity index (χ4v) is 2.17. The molecule has 4 heteroatoms. The van der Waals surface area contributed by atoms with Crippen LogP contribution in [0.4, 0.5) is 5.69 Å². The van der Waals surface area contributed by atoms with E-state index in [0.717, 1.165) is 10.0 Å². The molecular weight excluding hydrogens is 246 g/mol. The number of rotatable bonds is 2.